The van der Waals surface area contributed by atoms with Crippen molar-refractivity contribution >= 4 is 13.5 Å². The minimum atomic E-state index is -3.50. The van der Waals surface area contributed by atoms with Gasteiger partial charge < -0.3 is 14.9 Å². The number of rotatable bonds is 6. The standard InChI is InChI=1S/C17H20NO4P/c1-23(20,21)16(12-14-8-4-2-5-9-14)18-17(19)22-13-15-10-6-3-7-11-15/h2-11,16H,12-13H2,1H3,(H,18,19)(H,20,21). The lowest BCUT2D eigenvalue weighted by atomic mass is 10.1. The predicted octanol–water partition coefficient (Wildman–Crippen LogP) is 3.38. The molecule has 0 spiro atoms. The fourth-order valence-electron chi connectivity index (χ4n) is 2.08. The van der Waals surface area contributed by atoms with E-state index in [1.807, 2.05) is 60.7 Å². The fourth-order valence-corrected chi connectivity index (χ4v) is 2.97. The number of nitrogens with one attached hydrogen (secondary N) is 1. The number of benzene rings is 2. The van der Waals surface area contributed by atoms with Crippen LogP contribution in [0.25, 0.3) is 0 Å². The molecule has 6 heteroatoms. The molecule has 0 radical (unpaired) electrons. The van der Waals surface area contributed by atoms with Crippen LogP contribution in [0.5, 0.6) is 0 Å². The summed E-state index contributed by atoms with van der Waals surface area (Å²) < 4.78 is 17.1. The van der Waals surface area contributed by atoms with Crippen molar-refractivity contribution in [2.75, 3.05) is 6.66 Å². The second-order valence-corrected chi connectivity index (χ2v) is 7.86. The van der Waals surface area contributed by atoms with Gasteiger partial charge in [-0.05, 0) is 11.1 Å². The second kappa shape index (κ2) is 7.95. The predicted molar refractivity (Wildman–Crippen MR) is 89.4 cm³/mol. The van der Waals surface area contributed by atoms with Gasteiger partial charge >= 0.3 is 6.09 Å². The lowest BCUT2D eigenvalue weighted by Crippen LogP contribution is -2.36. The van der Waals surface area contributed by atoms with Crippen LogP contribution >= 0.6 is 7.37 Å². The normalized spacial score (nSPS) is 14.5. The SMILES string of the molecule is CP(=O)(O)C(Cc1ccccc1)NC(=O)OCc1ccccc1. The Balaban J connectivity index is 1.95. The number of ether oxygens (including phenoxy) is 1. The van der Waals surface area contributed by atoms with E-state index >= 15 is 0 Å². The third-order valence-corrected chi connectivity index (χ3v) is 4.82. The first kappa shape index (κ1) is 17.3. The molecule has 0 aliphatic carbocycles. The van der Waals surface area contributed by atoms with E-state index in [9.17, 15) is 14.3 Å². The first-order valence-electron chi connectivity index (χ1n) is 7.26. The average Bonchev–Trinajstić information content (AvgIpc) is 2.53. The summed E-state index contributed by atoms with van der Waals surface area (Å²) in [5.74, 6) is -0.881. The summed E-state index contributed by atoms with van der Waals surface area (Å²) in [6.45, 7) is 1.35. The first-order valence-corrected chi connectivity index (χ1v) is 9.44. The molecule has 5 nitrogen and oxygen atoms in total. The van der Waals surface area contributed by atoms with E-state index < -0.39 is 19.2 Å². The minimum absolute atomic E-state index is 0.115. The van der Waals surface area contributed by atoms with Crippen LogP contribution in [-0.4, -0.2) is 23.4 Å². The highest BCUT2D eigenvalue weighted by Gasteiger charge is 2.28. The Morgan fingerprint density at radius 1 is 1.09 bits per heavy atom. The molecule has 122 valence electrons. The van der Waals surface area contributed by atoms with Gasteiger partial charge in [0.1, 0.15) is 12.4 Å². The van der Waals surface area contributed by atoms with Gasteiger partial charge in [0.05, 0.1) is 0 Å². The maximum atomic E-state index is 12.0. The minimum Gasteiger partial charge on any atom is -0.445 e. The van der Waals surface area contributed by atoms with E-state index in [0.29, 0.717) is 0 Å². The van der Waals surface area contributed by atoms with Crippen LogP contribution in [-0.2, 0) is 22.3 Å². The molecule has 2 rings (SSSR count). The van der Waals surface area contributed by atoms with E-state index in [4.69, 9.17) is 4.74 Å². The summed E-state index contributed by atoms with van der Waals surface area (Å²) in [6.07, 6.45) is -0.433. The summed E-state index contributed by atoms with van der Waals surface area (Å²) in [5.41, 5.74) is 1.72. The Labute approximate surface area is 135 Å². The second-order valence-electron chi connectivity index (χ2n) is 5.35. The molecule has 23 heavy (non-hydrogen) atoms. The summed E-state index contributed by atoms with van der Waals surface area (Å²) >= 11 is 0. The van der Waals surface area contributed by atoms with Crippen LogP contribution in [0, 0.1) is 0 Å². The number of carbonyl (C=O) groups is 1. The molecule has 0 heterocycles. The fraction of sp³-hybridized carbons (Fsp3) is 0.235. The Hall–Kier alpha value is -2.10. The van der Waals surface area contributed by atoms with E-state index in [1.54, 1.807) is 0 Å². The van der Waals surface area contributed by atoms with Gasteiger partial charge in [-0.15, -0.1) is 0 Å². The quantitative estimate of drug-likeness (QED) is 0.795. The zero-order chi connectivity index (χ0) is 16.7. The van der Waals surface area contributed by atoms with Gasteiger partial charge in [0.25, 0.3) is 0 Å². The molecule has 0 bridgehead atoms. The van der Waals surface area contributed by atoms with Crippen molar-refractivity contribution in [1.82, 2.24) is 5.32 Å². The van der Waals surface area contributed by atoms with Gasteiger partial charge in [0.15, 0.2) is 0 Å². The third kappa shape index (κ3) is 5.89. The smallest absolute Gasteiger partial charge is 0.408 e. The molecule has 0 aliphatic heterocycles. The lowest BCUT2D eigenvalue weighted by molar-refractivity contribution is 0.138. The topological polar surface area (TPSA) is 75.6 Å². The first-order chi connectivity index (χ1) is 10.9. The molecule has 0 fully saturated rings. The zero-order valence-electron chi connectivity index (χ0n) is 12.9. The summed E-state index contributed by atoms with van der Waals surface area (Å²) in [4.78, 5) is 21.8. The van der Waals surface area contributed by atoms with Crippen LogP contribution in [0.1, 0.15) is 11.1 Å². The molecule has 0 aromatic heterocycles. The molecule has 2 aromatic rings. The van der Waals surface area contributed by atoms with Gasteiger partial charge in [-0.2, -0.15) is 0 Å². The highest BCUT2D eigenvalue weighted by Crippen LogP contribution is 2.41. The molecule has 2 unspecified atom stereocenters. The Kier molecular flexibility index (Phi) is 5.97. The van der Waals surface area contributed by atoms with Gasteiger partial charge in [0.2, 0.25) is 7.37 Å². The maximum Gasteiger partial charge on any atom is 0.408 e. The highest BCUT2D eigenvalue weighted by molar-refractivity contribution is 7.57. The molecule has 2 atom stereocenters. The highest BCUT2D eigenvalue weighted by atomic mass is 31.2. The van der Waals surface area contributed by atoms with Crippen LogP contribution in [0.15, 0.2) is 60.7 Å². The molecular weight excluding hydrogens is 313 g/mol. The van der Waals surface area contributed by atoms with Crippen LogP contribution in [0.2, 0.25) is 0 Å². The third-order valence-electron chi connectivity index (χ3n) is 3.35. The summed E-state index contributed by atoms with van der Waals surface area (Å²) in [5, 5.41) is 2.50. The van der Waals surface area contributed by atoms with E-state index in [-0.39, 0.29) is 13.0 Å². The van der Waals surface area contributed by atoms with Gasteiger partial charge in [-0.3, -0.25) is 4.57 Å². The number of hydrogen-bond donors (Lipinski definition) is 2. The number of alkyl carbamates (subject to hydrolysis) is 1. The number of carbonyl (C=O) groups excluding carboxylic acids is 1. The van der Waals surface area contributed by atoms with Crippen molar-refractivity contribution in [3.05, 3.63) is 71.8 Å². The summed E-state index contributed by atoms with van der Waals surface area (Å²) in [6, 6.07) is 18.5. The molecule has 0 aliphatic rings. The van der Waals surface area contributed by atoms with Gasteiger partial charge in [-0.25, -0.2) is 4.79 Å². The molecule has 2 aromatic carbocycles. The zero-order valence-corrected chi connectivity index (χ0v) is 13.8. The van der Waals surface area contributed by atoms with Crippen molar-refractivity contribution in [3.63, 3.8) is 0 Å². The van der Waals surface area contributed by atoms with E-state index in [1.165, 1.54) is 6.66 Å². The van der Waals surface area contributed by atoms with Crippen LogP contribution < -0.4 is 5.32 Å². The Morgan fingerprint density at radius 3 is 2.13 bits per heavy atom. The molecule has 1 amide bonds. The monoisotopic (exact) mass is 333 g/mol. The van der Waals surface area contributed by atoms with Gasteiger partial charge in [0, 0.05) is 13.1 Å². The Morgan fingerprint density at radius 2 is 1.61 bits per heavy atom. The van der Waals surface area contributed by atoms with Crippen molar-refractivity contribution in [3.8, 4) is 0 Å². The van der Waals surface area contributed by atoms with Gasteiger partial charge in [-0.1, -0.05) is 60.7 Å². The number of amides is 1. The maximum absolute atomic E-state index is 12.0. The van der Waals surface area contributed by atoms with Crippen molar-refractivity contribution in [2.24, 2.45) is 0 Å². The van der Waals surface area contributed by atoms with Crippen LogP contribution in [0.3, 0.4) is 0 Å². The number of hydrogen-bond acceptors (Lipinski definition) is 3. The molecular formula is C17H20NO4P. The molecule has 0 saturated heterocycles. The van der Waals surface area contributed by atoms with E-state index in [0.717, 1.165) is 11.1 Å². The largest absolute Gasteiger partial charge is 0.445 e. The van der Waals surface area contributed by atoms with Crippen LogP contribution in [0.4, 0.5) is 4.79 Å². The lowest BCUT2D eigenvalue weighted by Gasteiger charge is -2.21. The van der Waals surface area contributed by atoms with Crippen molar-refractivity contribution in [2.45, 2.75) is 18.8 Å². The van der Waals surface area contributed by atoms with E-state index in [2.05, 4.69) is 5.32 Å². The summed E-state index contributed by atoms with van der Waals surface area (Å²) in [7, 11) is -3.50. The average molecular weight is 333 g/mol. The molecule has 0 saturated carbocycles. The Bertz CT molecular complexity index is 670. The van der Waals surface area contributed by atoms with Crippen molar-refractivity contribution in [1.29, 1.82) is 0 Å². The van der Waals surface area contributed by atoms with Crippen molar-refractivity contribution < 1.29 is 19.0 Å². The molecule has 2 N–H and O–H groups in total.